The average Bonchev–Trinajstić information content (AvgIpc) is 2.29. The Morgan fingerprint density at radius 3 is 2.62 bits per heavy atom. The van der Waals surface area contributed by atoms with E-state index in [1.165, 1.54) is 12.1 Å². The number of rotatable bonds is 5. The van der Waals surface area contributed by atoms with Crippen LogP contribution in [0.3, 0.4) is 0 Å². The molecule has 0 fully saturated rings. The van der Waals surface area contributed by atoms with Gasteiger partial charge in [0.2, 0.25) is 0 Å². The Morgan fingerprint density at radius 2 is 2.06 bits per heavy atom. The van der Waals surface area contributed by atoms with Crippen molar-refractivity contribution in [1.82, 2.24) is 0 Å². The first-order valence-electron chi connectivity index (χ1n) is 4.81. The van der Waals surface area contributed by atoms with Gasteiger partial charge in [-0.05, 0) is 24.1 Å². The molecule has 0 saturated carbocycles. The standard InChI is InChI=1S/C11H13FO4/c12-9-2-1-7(5-8(9)6-14)11(16)10(15)3-4-13/h1-2,5-6,10-11,13,15-16H,3-4H2. The number of halogens is 1. The summed E-state index contributed by atoms with van der Waals surface area (Å²) in [4.78, 5) is 10.5. The van der Waals surface area contributed by atoms with Gasteiger partial charge in [0.25, 0.3) is 0 Å². The topological polar surface area (TPSA) is 77.8 Å². The van der Waals surface area contributed by atoms with Crippen molar-refractivity contribution in [1.29, 1.82) is 0 Å². The summed E-state index contributed by atoms with van der Waals surface area (Å²) in [5, 5.41) is 27.6. The van der Waals surface area contributed by atoms with Crippen LogP contribution >= 0.6 is 0 Å². The minimum absolute atomic E-state index is 0.00889. The summed E-state index contributed by atoms with van der Waals surface area (Å²) in [6.45, 7) is -0.264. The SMILES string of the molecule is O=Cc1cc(C(O)C(O)CCO)ccc1F. The van der Waals surface area contributed by atoms with Crippen LogP contribution < -0.4 is 0 Å². The zero-order valence-electron chi connectivity index (χ0n) is 8.51. The predicted molar refractivity (Wildman–Crippen MR) is 54.5 cm³/mol. The number of benzene rings is 1. The highest BCUT2D eigenvalue weighted by Gasteiger charge is 2.18. The Hall–Kier alpha value is -1.30. The van der Waals surface area contributed by atoms with Crippen molar-refractivity contribution in [3.8, 4) is 0 Å². The fourth-order valence-corrected chi connectivity index (χ4v) is 1.35. The Bertz CT molecular complexity index is 367. The fraction of sp³-hybridized carbons (Fsp3) is 0.364. The first-order chi connectivity index (χ1) is 7.60. The minimum atomic E-state index is -1.24. The van der Waals surface area contributed by atoms with Crippen molar-refractivity contribution in [3.05, 3.63) is 35.1 Å². The van der Waals surface area contributed by atoms with Gasteiger partial charge in [0.05, 0.1) is 11.7 Å². The van der Waals surface area contributed by atoms with Gasteiger partial charge < -0.3 is 15.3 Å². The van der Waals surface area contributed by atoms with Gasteiger partial charge in [-0.1, -0.05) is 6.07 Å². The smallest absolute Gasteiger partial charge is 0.153 e. The number of aliphatic hydroxyl groups excluding tert-OH is 3. The van der Waals surface area contributed by atoms with E-state index in [1.54, 1.807) is 0 Å². The van der Waals surface area contributed by atoms with E-state index in [0.717, 1.165) is 6.07 Å². The quantitative estimate of drug-likeness (QED) is 0.638. The third-order valence-corrected chi connectivity index (χ3v) is 2.28. The molecule has 1 aromatic carbocycles. The van der Waals surface area contributed by atoms with E-state index in [4.69, 9.17) is 5.11 Å². The van der Waals surface area contributed by atoms with Crippen molar-refractivity contribution >= 4 is 6.29 Å². The molecular formula is C11H13FO4. The van der Waals surface area contributed by atoms with E-state index in [0.29, 0.717) is 6.29 Å². The summed E-state index contributed by atoms with van der Waals surface area (Å²) >= 11 is 0. The van der Waals surface area contributed by atoms with Crippen molar-refractivity contribution in [2.24, 2.45) is 0 Å². The molecule has 0 radical (unpaired) electrons. The average molecular weight is 228 g/mol. The van der Waals surface area contributed by atoms with Crippen LogP contribution in [0.2, 0.25) is 0 Å². The van der Waals surface area contributed by atoms with Gasteiger partial charge in [0, 0.05) is 6.61 Å². The lowest BCUT2D eigenvalue weighted by Crippen LogP contribution is -2.19. The first-order valence-corrected chi connectivity index (χ1v) is 4.81. The predicted octanol–water partition coefficient (Wildman–Crippen LogP) is 0.415. The number of hydrogen-bond donors (Lipinski definition) is 3. The molecular weight excluding hydrogens is 215 g/mol. The molecule has 3 N–H and O–H groups in total. The number of carbonyl (C=O) groups excluding carboxylic acids is 1. The van der Waals surface area contributed by atoms with Gasteiger partial charge in [-0.25, -0.2) is 4.39 Å². The van der Waals surface area contributed by atoms with Crippen LogP contribution in [0.25, 0.3) is 0 Å². The highest BCUT2D eigenvalue weighted by molar-refractivity contribution is 5.75. The number of aliphatic hydroxyl groups is 3. The highest BCUT2D eigenvalue weighted by Crippen LogP contribution is 2.20. The van der Waals surface area contributed by atoms with E-state index in [1.807, 2.05) is 0 Å². The fourth-order valence-electron chi connectivity index (χ4n) is 1.35. The second-order valence-electron chi connectivity index (χ2n) is 3.42. The summed E-state index contributed by atoms with van der Waals surface area (Å²) in [7, 11) is 0. The second-order valence-corrected chi connectivity index (χ2v) is 3.42. The van der Waals surface area contributed by atoms with Crippen LogP contribution in [-0.2, 0) is 0 Å². The summed E-state index contributed by atoms with van der Waals surface area (Å²) in [5.74, 6) is -0.678. The molecule has 0 spiro atoms. The zero-order valence-corrected chi connectivity index (χ0v) is 8.51. The molecule has 2 atom stereocenters. The van der Waals surface area contributed by atoms with Gasteiger partial charge in [-0.3, -0.25) is 4.79 Å². The minimum Gasteiger partial charge on any atom is -0.396 e. The summed E-state index contributed by atoms with van der Waals surface area (Å²) in [6.07, 6.45) is -2.04. The molecule has 4 nitrogen and oxygen atoms in total. The van der Waals surface area contributed by atoms with Crippen LogP contribution in [0.5, 0.6) is 0 Å². The molecule has 0 aliphatic carbocycles. The maximum atomic E-state index is 13.0. The third kappa shape index (κ3) is 2.85. The van der Waals surface area contributed by atoms with Crippen LogP contribution in [0, 0.1) is 5.82 Å². The maximum absolute atomic E-state index is 13.0. The lowest BCUT2D eigenvalue weighted by atomic mass is 10.0. The Morgan fingerprint density at radius 1 is 1.38 bits per heavy atom. The van der Waals surface area contributed by atoms with Gasteiger partial charge in [-0.2, -0.15) is 0 Å². The van der Waals surface area contributed by atoms with Gasteiger partial charge in [-0.15, -0.1) is 0 Å². The van der Waals surface area contributed by atoms with Crippen LogP contribution in [0.4, 0.5) is 4.39 Å². The van der Waals surface area contributed by atoms with Crippen molar-refractivity contribution in [3.63, 3.8) is 0 Å². The van der Waals surface area contributed by atoms with E-state index in [9.17, 15) is 19.4 Å². The lowest BCUT2D eigenvalue weighted by Gasteiger charge is -2.17. The molecule has 0 heterocycles. The lowest BCUT2D eigenvalue weighted by molar-refractivity contribution is 0.00415. The summed E-state index contributed by atoms with van der Waals surface area (Å²) < 4.78 is 13.0. The van der Waals surface area contributed by atoms with Gasteiger partial charge in [0.1, 0.15) is 11.9 Å². The zero-order chi connectivity index (χ0) is 12.1. The van der Waals surface area contributed by atoms with Crippen LogP contribution in [0.1, 0.15) is 28.4 Å². The Balaban J connectivity index is 2.91. The molecule has 0 aliphatic heterocycles. The van der Waals surface area contributed by atoms with E-state index in [-0.39, 0.29) is 24.2 Å². The molecule has 0 amide bonds. The molecule has 16 heavy (non-hydrogen) atoms. The Kier molecular flexibility index (Phi) is 4.54. The molecule has 2 unspecified atom stereocenters. The largest absolute Gasteiger partial charge is 0.396 e. The Labute approximate surface area is 92.0 Å². The van der Waals surface area contributed by atoms with E-state index < -0.39 is 18.0 Å². The van der Waals surface area contributed by atoms with Gasteiger partial charge in [0.15, 0.2) is 6.29 Å². The van der Waals surface area contributed by atoms with E-state index >= 15 is 0 Å². The number of hydrogen-bond acceptors (Lipinski definition) is 4. The van der Waals surface area contributed by atoms with Crippen LogP contribution in [0.15, 0.2) is 18.2 Å². The normalized spacial score (nSPS) is 14.5. The maximum Gasteiger partial charge on any atom is 0.153 e. The van der Waals surface area contributed by atoms with Crippen molar-refractivity contribution in [2.45, 2.75) is 18.6 Å². The van der Waals surface area contributed by atoms with Crippen molar-refractivity contribution in [2.75, 3.05) is 6.61 Å². The summed E-state index contributed by atoms with van der Waals surface area (Å²) in [6, 6.07) is 3.51. The third-order valence-electron chi connectivity index (χ3n) is 2.28. The molecule has 0 aliphatic rings. The molecule has 0 bridgehead atoms. The first kappa shape index (κ1) is 12.8. The van der Waals surface area contributed by atoms with Crippen molar-refractivity contribution < 1.29 is 24.5 Å². The highest BCUT2D eigenvalue weighted by atomic mass is 19.1. The monoisotopic (exact) mass is 228 g/mol. The van der Waals surface area contributed by atoms with E-state index in [2.05, 4.69) is 0 Å². The summed E-state index contributed by atoms with van der Waals surface area (Å²) in [5.41, 5.74) is 0.0669. The molecule has 0 aromatic heterocycles. The van der Waals surface area contributed by atoms with Gasteiger partial charge >= 0.3 is 0 Å². The number of carbonyl (C=O) groups is 1. The molecule has 5 heteroatoms. The second kappa shape index (κ2) is 5.69. The van der Waals surface area contributed by atoms with Crippen LogP contribution in [-0.4, -0.2) is 34.3 Å². The molecule has 0 saturated heterocycles. The molecule has 1 aromatic rings. The molecule has 88 valence electrons. The number of aldehydes is 1. The molecule has 1 rings (SSSR count).